The van der Waals surface area contributed by atoms with Crippen LogP contribution < -0.4 is 9.47 Å². The maximum absolute atomic E-state index is 12.7. The maximum Gasteiger partial charge on any atom is 0.387 e. The number of pyridine rings is 1. The summed E-state index contributed by atoms with van der Waals surface area (Å²) >= 11 is 0. The minimum atomic E-state index is -2.89. The van der Waals surface area contributed by atoms with Crippen LogP contribution in [0.1, 0.15) is 11.4 Å². The molecule has 0 aliphatic rings. The Bertz CT molecular complexity index is 1150. The van der Waals surface area contributed by atoms with Crippen molar-refractivity contribution in [1.82, 2.24) is 24.5 Å². The molecule has 4 rings (SSSR count). The highest BCUT2D eigenvalue weighted by Crippen LogP contribution is 2.26. The first-order valence-electron chi connectivity index (χ1n) is 8.77. The number of halogens is 2. The van der Waals surface area contributed by atoms with Crippen molar-refractivity contribution in [2.45, 2.75) is 20.1 Å². The van der Waals surface area contributed by atoms with Crippen LogP contribution in [0.25, 0.3) is 22.3 Å². The van der Waals surface area contributed by atoms with E-state index in [-0.39, 0.29) is 11.8 Å². The summed E-state index contributed by atoms with van der Waals surface area (Å²) in [5, 5.41) is 0. The number of methoxy groups -OCH3 is 1. The lowest BCUT2D eigenvalue weighted by Gasteiger charge is -2.13. The van der Waals surface area contributed by atoms with Gasteiger partial charge in [0.15, 0.2) is 0 Å². The maximum atomic E-state index is 12.7. The molecule has 3 heterocycles. The molecule has 0 saturated heterocycles. The molecule has 0 unspecified atom stereocenters. The van der Waals surface area contributed by atoms with Crippen LogP contribution >= 0.6 is 0 Å². The van der Waals surface area contributed by atoms with Crippen LogP contribution in [0, 0.1) is 6.92 Å². The van der Waals surface area contributed by atoms with E-state index in [0.717, 1.165) is 16.9 Å². The van der Waals surface area contributed by atoms with E-state index in [1.807, 2.05) is 17.6 Å². The zero-order chi connectivity index (χ0) is 20.4. The predicted molar refractivity (Wildman–Crippen MR) is 102 cm³/mol. The summed E-state index contributed by atoms with van der Waals surface area (Å²) in [5.74, 6) is 0.873. The van der Waals surface area contributed by atoms with Crippen LogP contribution in [0.15, 0.2) is 48.9 Å². The van der Waals surface area contributed by atoms with Gasteiger partial charge in [-0.3, -0.25) is 4.98 Å². The topological polar surface area (TPSA) is 75.0 Å². The van der Waals surface area contributed by atoms with Crippen molar-refractivity contribution in [3.63, 3.8) is 0 Å². The number of aromatic nitrogens is 5. The number of alkyl halides is 2. The first-order valence-corrected chi connectivity index (χ1v) is 8.77. The molecule has 0 bridgehead atoms. The Morgan fingerprint density at radius 3 is 2.55 bits per heavy atom. The van der Waals surface area contributed by atoms with Gasteiger partial charge in [-0.1, -0.05) is 18.2 Å². The SMILES string of the molecule is COc1ncc(-c2cc3c(cn2)nc(C)n3Cc2ccccc2OC(F)F)cn1. The van der Waals surface area contributed by atoms with E-state index >= 15 is 0 Å². The molecule has 7 nitrogen and oxygen atoms in total. The van der Waals surface area contributed by atoms with Crippen LogP contribution in [0.5, 0.6) is 11.8 Å². The number of para-hydroxylation sites is 1. The molecule has 0 aliphatic carbocycles. The van der Waals surface area contributed by atoms with Gasteiger partial charge in [-0.25, -0.2) is 15.0 Å². The van der Waals surface area contributed by atoms with Crippen LogP contribution in [0.4, 0.5) is 8.78 Å². The highest BCUT2D eigenvalue weighted by molar-refractivity contribution is 5.80. The van der Waals surface area contributed by atoms with Gasteiger partial charge in [0.1, 0.15) is 17.1 Å². The highest BCUT2D eigenvalue weighted by atomic mass is 19.3. The van der Waals surface area contributed by atoms with E-state index in [2.05, 4.69) is 24.7 Å². The second-order valence-electron chi connectivity index (χ2n) is 6.25. The normalized spacial score (nSPS) is 11.2. The minimum Gasteiger partial charge on any atom is -0.467 e. The summed E-state index contributed by atoms with van der Waals surface area (Å²) in [7, 11) is 1.50. The Labute approximate surface area is 165 Å². The second kappa shape index (κ2) is 7.78. The van der Waals surface area contributed by atoms with Crippen molar-refractivity contribution in [3.05, 3.63) is 60.3 Å². The molecule has 3 aromatic heterocycles. The predicted octanol–water partition coefficient (Wildman–Crippen LogP) is 3.86. The second-order valence-corrected chi connectivity index (χ2v) is 6.25. The van der Waals surface area contributed by atoms with Gasteiger partial charge in [0.2, 0.25) is 0 Å². The number of nitrogens with zero attached hydrogens (tertiary/aromatic N) is 5. The average molecular weight is 397 g/mol. The van der Waals surface area contributed by atoms with Gasteiger partial charge in [-0.15, -0.1) is 0 Å². The number of aryl methyl sites for hydroxylation is 1. The fourth-order valence-electron chi connectivity index (χ4n) is 3.08. The van der Waals surface area contributed by atoms with Crippen molar-refractivity contribution in [2.75, 3.05) is 7.11 Å². The average Bonchev–Trinajstić information content (AvgIpc) is 3.03. The minimum absolute atomic E-state index is 0.140. The third kappa shape index (κ3) is 3.84. The molecule has 0 atom stereocenters. The molecule has 0 radical (unpaired) electrons. The van der Waals surface area contributed by atoms with E-state index in [1.54, 1.807) is 36.8 Å². The van der Waals surface area contributed by atoms with Crippen molar-refractivity contribution < 1.29 is 18.3 Å². The van der Waals surface area contributed by atoms with Crippen molar-refractivity contribution in [2.24, 2.45) is 0 Å². The van der Waals surface area contributed by atoms with Crippen LogP contribution in [0.3, 0.4) is 0 Å². The molecule has 1 aromatic carbocycles. The highest BCUT2D eigenvalue weighted by Gasteiger charge is 2.14. The van der Waals surface area contributed by atoms with E-state index in [1.165, 1.54) is 13.2 Å². The molecule has 9 heteroatoms. The van der Waals surface area contributed by atoms with Crippen LogP contribution in [-0.2, 0) is 6.54 Å². The van der Waals surface area contributed by atoms with Gasteiger partial charge in [0.05, 0.1) is 31.1 Å². The van der Waals surface area contributed by atoms with Gasteiger partial charge in [0.25, 0.3) is 0 Å². The van der Waals surface area contributed by atoms with Gasteiger partial charge < -0.3 is 14.0 Å². The number of hydrogen-bond acceptors (Lipinski definition) is 6. The number of rotatable bonds is 6. The van der Waals surface area contributed by atoms with E-state index < -0.39 is 6.61 Å². The van der Waals surface area contributed by atoms with E-state index in [0.29, 0.717) is 23.3 Å². The summed E-state index contributed by atoms with van der Waals surface area (Å²) in [6.45, 7) is -0.705. The third-order valence-electron chi connectivity index (χ3n) is 4.45. The van der Waals surface area contributed by atoms with E-state index in [9.17, 15) is 8.78 Å². The fraction of sp³-hybridized carbons (Fsp3) is 0.200. The van der Waals surface area contributed by atoms with Gasteiger partial charge in [-0.2, -0.15) is 8.78 Å². The summed E-state index contributed by atoms with van der Waals surface area (Å²) in [6, 6.07) is 8.86. The molecule has 0 amide bonds. The van der Waals surface area contributed by atoms with Crippen LogP contribution in [0.2, 0.25) is 0 Å². The molecule has 0 saturated carbocycles. The summed E-state index contributed by atoms with van der Waals surface area (Å²) in [6.07, 6.45) is 4.92. The Kier molecular flexibility index (Phi) is 5.03. The monoisotopic (exact) mass is 397 g/mol. The van der Waals surface area contributed by atoms with Crippen molar-refractivity contribution >= 4 is 11.0 Å². The number of benzene rings is 1. The van der Waals surface area contributed by atoms with E-state index in [4.69, 9.17) is 4.74 Å². The van der Waals surface area contributed by atoms with Crippen LogP contribution in [-0.4, -0.2) is 38.2 Å². The molecular weight excluding hydrogens is 380 g/mol. The number of imidazole rings is 1. The smallest absolute Gasteiger partial charge is 0.387 e. The summed E-state index contributed by atoms with van der Waals surface area (Å²) < 4.78 is 37.0. The molecule has 0 fully saturated rings. The van der Waals surface area contributed by atoms with Gasteiger partial charge in [0, 0.05) is 23.5 Å². The molecule has 0 aliphatic heterocycles. The Morgan fingerprint density at radius 2 is 1.83 bits per heavy atom. The zero-order valence-corrected chi connectivity index (χ0v) is 15.7. The summed E-state index contributed by atoms with van der Waals surface area (Å²) in [4.78, 5) is 17.2. The van der Waals surface area contributed by atoms with Crippen molar-refractivity contribution in [3.8, 4) is 23.0 Å². The lowest BCUT2D eigenvalue weighted by atomic mass is 10.2. The molecule has 148 valence electrons. The lowest BCUT2D eigenvalue weighted by Crippen LogP contribution is -2.08. The first-order chi connectivity index (χ1) is 14.0. The molecule has 0 spiro atoms. The first kappa shape index (κ1) is 18.7. The number of hydrogen-bond donors (Lipinski definition) is 0. The van der Waals surface area contributed by atoms with Crippen molar-refractivity contribution in [1.29, 1.82) is 0 Å². The molecular formula is C20H17F2N5O2. The zero-order valence-electron chi connectivity index (χ0n) is 15.7. The summed E-state index contributed by atoms with van der Waals surface area (Å²) in [5.41, 5.74) is 3.53. The van der Waals surface area contributed by atoms with Gasteiger partial charge in [-0.05, 0) is 19.1 Å². The quantitative estimate of drug-likeness (QED) is 0.492. The Hall–Kier alpha value is -3.62. The van der Waals surface area contributed by atoms with Gasteiger partial charge >= 0.3 is 12.6 Å². The molecule has 29 heavy (non-hydrogen) atoms. The lowest BCUT2D eigenvalue weighted by molar-refractivity contribution is -0.0504. The Balaban J connectivity index is 1.74. The number of ether oxygens (including phenoxy) is 2. The molecule has 4 aromatic rings. The number of fused-ring (bicyclic) bond motifs is 1. The largest absolute Gasteiger partial charge is 0.467 e. The Morgan fingerprint density at radius 1 is 1.07 bits per heavy atom. The fourth-order valence-corrected chi connectivity index (χ4v) is 3.08. The standard InChI is InChI=1S/C20H17F2N5O2/c1-12-26-16-10-23-15(14-8-24-20(28-2)25-9-14)7-17(16)27(12)11-13-5-3-4-6-18(13)29-19(21)22/h3-10,19H,11H2,1-2H3. The third-order valence-corrected chi connectivity index (χ3v) is 4.45. The molecule has 0 N–H and O–H groups in total.